The molecule has 0 radical (unpaired) electrons. The molecule has 1 atom stereocenters. The van der Waals surface area contributed by atoms with Crippen molar-refractivity contribution in [1.82, 2.24) is 0 Å². The van der Waals surface area contributed by atoms with E-state index in [2.05, 4.69) is 32.0 Å². The highest BCUT2D eigenvalue weighted by Gasteiger charge is 2.18. The molecule has 0 bridgehead atoms. The van der Waals surface area contributed by atoms with E-state index in [0.29, 0.717) is 0 Å². The number of aryl methyl sites for hydroxylation is 2. The Labute approximate surface area is 112 Å². The zero-order valence-corrected chi connectivity index (χ0v) is 11.9. The van der Waals surface area contributed by atoms with Crippen LogP contribution in [0.25, 0.3) is 0 Å². The molecule has 1 nitrogen and oxygen atoms in total. The molecule has 1 aliphatic rings. The van der Waals surface area contributed by atoms with Crippen molar-refractivity contribution in [2.45, 2.75) is 52.4 Å². The first-order chi connectivity index (χ1) is 8.79. The maximum absolute atomic E-state index is 5.68. The summed E-state index contributed by atoms with van der Waals surface area (Å²) in [6, 6.07) is 6.94. The molecule has 0 saturated heterocycles. The molecule has 0 spiro atoms. The van der Waals surface area contributed by atoms with E-state index in [1.807, 2.05) is 0 Å². The number of hydrogen-bond acceptors (Lipinski definition) is 1. The second kappa shape index (κ2) is 6.94. The lowest BCUT2D eigenvalue weighted by molar-refractivity contribution is 0.115. The van der Waals surface area contributed by atoms with Crippen molar-refractivity contribution in [3.05, 3.63) is 34.9 Å². The van der Waals surface area contributed by atoms with Crippen molar-refractivity contribution >= 4 is 0 Å². The second-order valence-corrected chi connectivity index (χ2v) is 5.64. The Morgan fingerprint density at radius 1 is 1.22 bits per heavy atom. The summed E-state index contributed by atoms with van der Waals surface area (Å²) < 4.78 is 5.68. The van der Waals surface area contributed by atoms with Crippen LogP contribution in [0.3, 0.4) is 0 Å². The molecule has 0 fully saturated rings. The fourth-order valence-corrected chi connectivity index (χ4v) is 2.80. The van der Waals surface area contributed by atoms with Gasteiger partial charge >= 0.3 is 0 Å². The lowest BCUT2D eigenvalue weighted by Gasteiger charge is -2.24. The highest BCUT2D eigenvalue weighted by Crippen LogP contribution is 2.28. The third-order valence-electron chi connectivity index (χ3n) is 4.00. The highest BCUT2D eigenvalue weighted by molar-refractivity contribution is 5.33. The molecule has 0 heterocycles. The van der Waals surface area contributed by atoms with Gasteiger partial charge in [-0.05, 0) is 56.1 Å². The van der Waals surface area contributed by atoms with Crippen molar-refractivity contribution in [3.63, 3.8) is 0 Å². The monoisotopic (exact) mass is 246 g/mol. The van der Waals surface area contributed by atoms with Crippen LogP contribution in [0.15, 0.2) is 18.2 Å². The van der Waals surface area contributed by atoms with E-state index in [0.717, 1.165) is 19.1 Å². The van der Waals surface area contributed by atoms with Gasteiger partial charge in [0, 0.05) is 13.2 Å². The van der Waals surface area contributed by atoms with E-state index in [-0.39, 0.29) is 0 Å². The van der Waals surface area contributed by atoms with Gasteiger partial charge in [0.25, 0.3) is 0 Å². The Morgan fingerprint density at radius 2 is 2.11 bits per heavy atom. The molecule has 0 saturated carbocycles. The van der Waals surface area contributed by atoms with Crippen molar-refractivity contribution in [1.29, 1.82) is 0 Å². The molecule has 0 aromatic heterocycles. The summed E-state index contributed by atoms with van der Waals surface area (Å²) in [4.78, 5) is 0. The largest absolute Gasteiger partial charge is 0.381 e. The minimum atomic E-state index is 0.835. The van der Waals surface area contributed by atoms with Gasteiger partial charge in [-0.3, -0.25) is 0 Å². The number of benzene rings is 1. The highest BCUT2D eigenvalue weighted by atomic mass is 16.5. The number of fused-ring (bicyclic) bond motifs is 1. The average molecular weight is 246 g/mol. The van der Waals surface area contributed by atoms with Crippen LogP contribution in [0.5, 0.6) is 0 Å². The van der Waals surface area contributed by atoms with Crippen molar-refractivity contribution in [2.24, 2.45) is 5.92 Å². The third kappa shape index (κ3) is 3.84. The molecule has 0 aliphatic heterocycles. The summed E-state index contributed by atoms with van der Waals surface area (Å²) in [7, 11) is 0. The van der Waals surface area contributed by atoms with Crippen LogP contribution in [-0.2, 0) is 17.6 Å². The number of rotatable bonds is 6. The summed E-state index contributed by atoms with van der Waals surface area (Å²) in [5.74, 6) is 0.835. The third-order valence-corrected chi connectivity index (χ3v) is 4.00. The summed E-state index contributed by atoms with van der Waals surface area (Å²) in [6.07, 6.45) is 7.52. The molecule has 1 heteroatoms. The summed E-state index contributed by atoms with van der Waals surface area (Å²) in [5, 5.41) is 0. The van der Waals surface area contributed by atoms with E-state index >= 15 is 0 Å². The van der Waals surface area contributed by atoms with Gasteiger partial charge < -0.3 is 4.74 Å². The van der Waals surface area contributed by atoms with Crippen LogP contribution >= 0.6 is 0 Å². The Bertz CT molecular complexity index is 370. The molecular weight excluding hydrogens is 220 g/mol. The van der Waals surface area contributed by atoms with E-state index in [4.69, 9.17) is 4.74 Å². The normalized spacial score (nSPS) is 18.7. The molecular formula is C17H26O. The first-order valence-corrected chi connectivity index (χ1v) is 7.45. The Morgan fingerprint density at radius 3 is 2.94 bits per heavy atom. The van der Waals surface area contributed by atoms with Gasteiger partial charge in [-0.25, -0.2) is 0 Å². The van der Waals surface area contributed by atoms with Crippen LogP contribution in [0, 0.1) is 12.8 Å². The number of hydrogen-bond donors (Lipinski definition) is 0. The molecule has 1 aliphatic carbocycles. The first-order valence-electron chi connectivity index (χ1n) is 7.45. The number of ether oxygens (including phenoxy) is 1. The molecule has 0 amide bonds. The minimum absolute atomic E-state index is 0.835. The topological polar surface area (TPSA) is 9.23 Å². The smallest absolute Gasteiger partial charge is 0.0468 e. The van der Waals surface area contributed by atoms with E-state index in [9.17, 15) is 0 Å². The lowest BCUT2D eigenvalue weighted by atomic mass is 9.82. The molecule has 18 heavy (non-hydrogen) atoms. The van der Waals surface area contributed by atoms with Crippen molar-refractivity contribution in [3.8, 4) is 0 Å². The van der Waals surface area contributed by atoms with Gasteiger partial charge in [0.2, 0.25) is 0 Å². The van der Waals surface area contributed by atoms with Crippen LogP contribution in [0.1, 0.15) is 49.3 Å². The van der Waals surface area contributed by atoms with Gasteiger partial charge in [-0.15, -0.1) is 0 Å². The van der Waals surface area contributed by atoms with Crippen LogP contribution in [0.4, 0.5) is 0 Å². The van der Waals surface area contributed by atoms with Crippen LogP contribution in [0.2, 0.25) is 0 Å². The van der Waals surface area contributed by atoms with Gasteiger partial charge in [0.05, 0.1) is 0 Å². The summed E-state index contributed by atoms with van der Waals surface area (Å²) in [5.41, 5.74) is 4.55. The maximum Gasteiger partial charge on any atom is 0.0468 e. The van der Waals surface area contributed by atoms with E-state index in [1.165, 1.54) is 44.1 Å². The Kier molecular flexibility index (Phi) is 5.25. The SMILES string of the molecule is CCCCOCCC1CCc2cc(C)ccc2C1. The minimum Gasteiger partial charge on any atom is -0.381 e. The fourth-order valence-electron chi connectivity index (χ4n) is 2.80. The van der Waals surface area contributed by atoms with Crippen molar-refractivity contribution < 1.29 is 4.74 Å². The fraction of sp³-hybridized carbons (Fsp3) is 0.647. The predicted molar refractivity (Wildman–Crippen MR) is 77.0 cm³/mol. The first kappa shape index (κ1) is 13.6. The van der Waals surface area contributed by atoms with Crippen LogP contribution < -0.4 is 0 Å². The maximum atomic E-state index is 5.68. The predicted octanol–water partition coefficient (Wildman–Crippen LogP) is 4.31. The average Bonchev–Trinajstić information content (AvgIpc) is 2.38. The van der Waals surface area contributed by atoms with Crippen LogP contribution in [-0.4, -0.2) is 13.2 Å². The molecule has 1 aromatic rings. The van der Waals surface area contributed by atoms with Gasteiger partial charge in [0.15, 0.2) is 0 Å². The molecule has 1 aromatic carbocycles. The molecule has 0 N–H and O–H groups in total. The summed E-state index contributed by atoms with van der Waals surface area (Å²) >= 11 is 0. The summed E-state index contributed by atoms with van der Waals surface area (Å²) in [6.45, 7) is 6.29. The second-order valence-electron chi connectivity index (χ2n) is 5.64. The van der Waals surface area contributed by atoms with Crippen molar-refractivity contribution in [2.75, 3.05) is 13.2 Å². The zero-order valence-electron chi connectivity index (χ0n) is 11.9. The van der Waals surface area contributed by atoms with Gasteiger partial charge in [0.1, 0.15) is 0 Å². The lowest BCUT2D eigenvalue weighted by Crippen LogP contribution is -2.16. The Hall–Kier alpha value is -0.820. The zero-order chi connectivity index (χ0) is 12.8. The molecule has 2 rings (SSSR count). The Balaban J connectivity index is 1.76. The van der Waals surface area contributed by atoms with Gasteiger partial charge in [-0.1, -0.05) is 37.1 Å². The van der Waals surface area contributed by atoms with E-state index < -0.39 is 0 Å². The molecule has 100 valence electrons. The molecule has 1 unspecified atom stereocenters. The van der Waals surface area contributed by atoms with Gasteiger partial charge in [-0.2, -0.15) is 0 Å². The quantitative estimate of drug-likeness (QED) is 0.680. The number of unbranched alkanes of at least 4 members (excludes halogenated alkanes) is 1. The van der Waals surface area contributed by atoms with E-state index in [1.54, 1.807) is 11.1 Å². The standard InChI is InChI=1S/C17H26O/c1-3-4-10-18-11-9-15-6-8-16-12-14(2)5-7-17(16)13-15/h5,7,12,15H,3-4,6,8-11,13H2,1-2H3.